The van der Waals surface area contributed by atoms with E-state index in [9.17, 15) is 9.59 Å². The Hall–Kier alpha value is -1.84. The molecule has 2 atom stereocenters. The van der Waals surface area contributed by atoms with E-state index in [0.29, 0.717) is 22.7 Å². The number of carbonyl (C=O) groups excluding carboxylic acids is 2. The summed E-state index contributed by atoms with van der Waals surface area (Å²) in [4.78, 5) is 26.3. The lowest BCUT2D eigenvalue weighted by Crippen LogP contribution is -2.42. The molecule has 1 aliphatic carbocycles. The molecule has 1 saturated carbocycles. The summed E-state index contributed by atoms with van der Waals surface area (Å²) in [5.74, 6) is 0.184. The summed E-state index contributed by atoms with van der Waals surface area (Å²) < 4.78 is 0. The Labute approximate surface area is 112 Å². The van der Waals surface area contributed by atoms with E-state index in [1.54, 1.807) is 18.2 Å². The molecule has 0 spiro atoms. The van der Waals surface area contributed by atoms with Gasteiger partial charge in [-0.2, -0.15) is 0 Å². The molecule has 4 heteroatoms. The Morgan fingerprint density at radius 1 is 1.21 bits per heavy atom. The second-order valence-corrected chi connectivity index (χ2v) is 5.68. The van der Waals surface area contributed by atoms with E-state index in [0.717, 1.165) is 19.3 Å². The van der Waals surface area contributed by atoms with Crippen molar-refractivity contribution in [2.45, 2.75) is 38.6 Å². The van der Waals surface area contributed by atoms with Gasteiger partial charge in [-0.15, -0.1) is 0 Å². The molecule has 0 saturated heterocycles. The highest BCUT2D eigenvalue weighted by atomic mass is 16.2. The van der Waals surface area contributed by atoms with Crippen molar-refractivity contribution in [1.29, 1.82) is 0 Å². The molecule has 100 valence electrons. The minimum Gasteiger partial charge on any atom is -0.398 e. The lowest BCUT2D eigenvalue weighted by molar-refractivity contribution is 0.0527. The Balaban J connectivity index is 1.96. The minimum atomic E-state index is -0.211. The fourth-order valence-electron chi connectivity index (χ4n) is 3.30. The molecular weight excluding hydrogens is 240 g/mol. The molecule has 0 aromatic heterocycles. The predicted octanol–water partition coefficient (Wildman–Crippen LogP) is 2.44. The fraction of sp³-hybridized carbons (Fsp3) is 0.467. The topological polar surface area (TPSA) is 63.4 Å². The summed E-state index contributed by atoms with van der Waals surface area (Å²) >= 11 is 0. The van der Waals surface area contributed by atoms with Gasteiger partial charge in [-0.05, 0) is 30.9 Å². The van der Waals surface area contributed by atoms with Crippen LogP contribution in [0.1, 0.15) is 53.3 Å². The molecule has 2 amide bonds. The summed E-state index contributed by atoms with van der Waals surface area (Å²) in [5.41, 5.74) is 7.10. The van der Waals surface area contributed by atoms with Gasteiger partial charge in [0.25, 0.3) is 11.8 Å². The fourth-order valence-corrected chi connectivity index (χ4v) is 3.30. The summed E-state index contributed by atoms with van der Waals surface area (Å²) in [6.45, 7) is 2.18. The Morgan fingerprint density at radius 3 is 2.68 bits per heavy atom. The molecule has 1 heterocycles. The van der Waals surface area contributed by atoms with Gasteiger partial charge in [-0.25, -0.2) is 0 Å². The van der Waals surface area contributed by atoms with Crippen molar-refractivity contribution in [3.8, 4) is 0 Å². The van der Waals surface area contributed by atoms with Gasteiger partial charge in [-0.1, -0.05) is 25.8 Å². The predicted molar refractivity (Wildman–Crippen MR) is 72.8 cm³/mol. The molecule has 0 radical (unpaired) electrons. The van der Waals surface area contributed by atoms with Crippen molar-refractivity contribution in [3.63, 3.8) is 0 Å². The maximum absolute atomic E-state index is 12.5. The third-order valence-corrected chi connectivity index (χ3v) is 4.25. The van der Waals surface area contributed by atoms with Crippen molar-refractivity contribution < 1.29 is 9.59 Å². The molecular formula is C15H18N2O2. The van der Waals surface area contributed by atoms with Crippen LogP contribution in [0, 0.1) is 5.92 Å². The largest absolute Gasteiger partial charge is 0.398 e. The van der Waals surface area contributed by atoms with Gasteiger partial charge in [0.1, 0.15) is 0 Å². The molecule has 1 aromatic rings. The summed E-state index contributed by atoms with van der Waals surface area (Å²) in [5, 5.41) is 0. The van der Waals surface area contributed by atoms with E-state index in [2.05, 4.69) is 6.92 Å². The van der Waals surface area contributed by atoms with Crippen LogP contribution in [-0.2, 0) is 0 Å². The van der Waals surface area contributed by atoms with Crippen molar-refractivity contribution in [1.82, 2.24) is 4.90 Å². The van der Waals surface area contributed by atoms with E-state index in [1.165, 1.54) is 11.3 Å². The van der Waals surface area contributed by atoms with Crippen LogP contribution in [0.2, 0.25) is 0 Å². The molecule has 2 aliphatic rings. The SMILES string of the molecule is CC1CCCC(N2C(=O)c3cccc(N)c3C2=O)C1. The maximum Gasteiger partial charge on any atom is 0.263 e. The number of carbonyl (C=O) groups is 2. The lowest BCUT2D eigenvalue weighted by Gasteiger charge is -2.32. The van der Waals surface area contributed by atoms with E-state index in [4.69, 9.17) is 5.73 Å². The van der Waals surface area contributed by atoms with E-state index in [1.807, 2.05) is 0 Å². The molecule has 0 bridgehead atoms. The van der Waals surface area contributed by atoms with E-state index < -0.39 is 0 Å². The van der Waals surface area contributed by atoms with Crippen LogP contribution in [0.3, 0.4) is 0 Å². The normalized spacial score (nSPS) is 26.7. The quantitative estimate of drug-likeness (QED) is 0.621. The summed E-state index contributed by atoms with van der Waals surface area (Å²) in [6, 6.07) is 5.14. The molecule has 1 aliphatic heterocycles. The first-order valence-corrected chi connectivity index (χ1v) is 6.86. The standard InChI is InChI=1S/C15H18N2O2/c1-9-4-2-5-10(8-9)17-14(18)11-6-3-7-12(16)13(11)15(17)19/h3,6-7,9-10H,2,4-5,8,16H2,1H3. The van der Waals surface area contributed by atoms with Crippen LogP contribution in [0.15, 0.2) is 18.2 Å². The first-order chi connectivity index (χ1) is 9.09. The zero-order chi connectivity index (χ0) is 13.6. The van der Waals surface area contributed by atoms with Gasteiger partial charge >= 0.3 is 0 Å². The molecule has 2 unspecified atom stereocenters. The van der Waals surface area contributed by atoms with Crippen molar-refractivity contribution >= 4 is 17.5 Å². The molecule has 3 rings (SSSR count). The smallest absolute Gasteiger partial charge is 0.263 e. The summed E-state index contributed by atoms with van der Waals surface area (Å²) in [6.07, 6.45) is 4.08. The highest BCUT2D eigenvalue weighted by molar-refractivity contribution is 6.23. The van der Waals surface area contributed by atoms with E-state index in [-0.39, 0.29) is 17.9 Å². The average Bonchev–Trinajstić information content (AvgIpc) is 2.63. The highest BCUT2D eigenvalue weighted by Crippen LogP contribution is 2.34. The van der Waals surface area contributed by atoms with Gasteiger partial charge < -0.3 is 5.73 Å². The second-order valence-electron chi connectivity index (χ2n) is 5.68. The minimum absolute atomic E-state index is 0.0375. The van der Waals surface area contributed by atoms with Crippen molar-refractivity contribution in [2.75, 3.05) is 5.73 Å². The second kappa shape index (κ2) is 4.37. The Bertz CT molecular complexity index is 553. The number of rotatable bonds is 1. The van der Waals surface area contributed by atoms with Crippen LogP contribution in [0.25, 0.3) is 0 Å². The Kier molecular flexibility index (Phi) is 2.81. The number of hydrogen-bond acceptors (Lipinski definition) is 3. The monoisotopic (exact) mass is 258 g/mol. The zero-order valence-corrected chi connectivity index (χ0v) is 11.1. The zero-order valence-electron chi connectivity index (χ0n) is 11.1. The van der Waals surface area contributed by atoms with Crippen molar-refractivity contribution in [3.05, 3.63) is 29.3 Å². The molecule has 19 heavy (non-hydrogen) atoms. The van der Waals surface area contributed by atoms with Crippen molar-refractivity contribution in [2.24, 2.45) is 5.92 Å². The lowest BCUT2D eigenvalue weighted by atomic mass is 9.86. The molecule has 4 nitrogen and oxygen atoms in total. The van der Waals surface area contributed by atoms with Gasteiger partial charge in [0, 0.05) is 11.7 Å². The number of fused-ring (bicyclic) bond motifs is 1. The van der Waals surface area contributed by atoms with Crippen LogP contribution in [0.4, 0.5) is 5.69 Å². The number of nitrogen functional groups attached to an aromatic ring is 1. The van der Waals surface area contributed by atoms with Gasteiger partial charge in [0.05, 0.1) is 11.1 Å². The number of imide groups is 1. The van der Waals surface area contributed by atoms with Crippen LogP contribution in [-0.4, -0.2) is 22.8 Å². The average molecular weight is 258 g/mol. The Morgan fingerprint density at radius 2 is 2.00 bits per heavy atom. The molecule has 1 aromatic carbocycles. The molecule has 2 N–H and O–H groups in total. The van der Waals surface area contributed by atoms with Gasteiger partial charge in [-0.3, -0.25) is 14.5 Å². The number of hydrogen-bond donors (Lipinski definition) is 1. The van der Waals surface area contributed by atoms with Crippen LogP contribution < -0.4 is 5.73 Å². The first kappa shape index (κ1) is 12.2. The van der Waals surface area contributed by atoms with Gasteiger partial charge in [0.15, 0.2) is 0 Å². The molecule has 1 fully saturated rings. The number of nitrogens with zero attached hydrogens (tertiary/aromatic N) is 1. The van der Waals surface area contributed by atoms with Gasteiger partial charge in [0.2, 0.25) is 0 Å². The number of nitrogens with two attached hydrogens (primary N) is 1. The maximum atomic E-state index is 12.5. The number of benzene rings is 1. The van der Waals surface area contributed by atoms with E-state index >= 15 is 0 Å². The third-order valence-electron chi connectivity index (χ3n) is 4.25. The van der Waals surface area contributed by atoms with Crippen LogP contribution in [0.5, 0.6) is 0 Å². The first-order valence-electron chi connectivity index (χ1n) is 6.86. The van der Waals surface area contributed by atoms with Crippen LogP contribution >= 0.6 is 0 Å². The number of amides is 2. The summed E-state index contributed by atoms with van der Waals surface area (Å²) in [7, 11) is 0. The number of anilines is 1. The third kappa shape index (κ3) is 1.82. The highest BCUT2D eigenvalue weighted by Gasteiger charge is 2.41.